The van der Waals surface area contributed by atoms with Crippen molar-refractivity contribution in [2.24, 2.45) is 0 Å². The summed E-state index contributed by atoms with van der Waals surface area (Å²) in [6.45, 7) is 2.50. The maximum Gasteiger partial charge on any atom is 0.335 e. The van der Waals surface area contributed by atoms with E-state index in [9.17, 15) is 19.5 Å². The van der Waals surface area contributed by atoms with Crippen LogP contribution in [0.4, 0.5) is 5.69 Å². The number of amides is 2. The van der Waals surface area contributed by atoms with E-state index < -0.39 is 17.8 Å². The number of ether oxygens (including phenoxy) is 2. The number of fused-ring (bicyclic) bond motifs is 1. The number of thiocarbonyl (C=S) groups is 1. The van der Waals surface area contributed by atoms with E-state index in [0.29, 0.717) is 34.7 Å². The zero-order valence-electron chi connectivity index (χ0n) is 21.7. The third kappa shape index (κ3) is 5.98. The summed E-state index contributed by atoms with van der Waals surface area (Å²) in [4.78, 5) is 38.8. The molecule has 0 unspecified atom stereocenters. The van der Waals surface area contributed by atoms with Crippen LogP contribution in [0.15, 0.2) is 88.9 Å². The van der Waals surface area contributed by atoms with Gasteiger partial charge in [-0.05, 0) is 99.4 Å². The molecule has 8 nitrogen and oxygen atoms in total. The van der Waals surface area contributed by atoms with Crippen molar-refractivity contribution in [3.05, 3.63) is 106 Å². The third-order valence-electron chi connectivity index (χ3n) is 6.29. The van der Waals surface area contributed by atoms with Gasteiger partial charge in [-0.25, -0.2) is 4.79 Å². The minimum absolute atomic E-state index is 0.0231. The summed E-state index contributed by atoms with van der Waals surface area (Å²) in [5.74, 6) is -1.60. The van der Waals surface area contributed by atoms with Gasteiger partial charge in [0.15, 0.2) is 16.6 Å². The molecule has 0 spiro atoms. The molecule has 4 aromatic carbocycles. The van der Waals surface area contributed by atoms with Crippen molar-refractivity contribution in [1.29, 1.82) is 0 Å². The third-order valence-corrected chi connectivity index (χ3v) is 7.17. The first-order valence-electron chi connectivity index (χ1n) is 12.6. The minimum Gasteiger partial charge on any atom is -0.490 e. The molecule has 4 aromatic rings. The molecule has 0 aromatic heterocycles. The van der Waals surface area contributed by atoms with Gasteiger partial charge >= 0.3 is 5.97 Å². The second kappa shape index (κ2) is 11.9. The molecule has 1 aliphatic rings. The summed E-state index contributed by atoms with van der Waals surface area (Å²) in [5.41, 5.74) is 1.50. The van der Waals surface area contributed by atoms with Crippen LogP contribution in [0.2, 0.25) is 0 Å². The lowest BCUT2D eigenvalue weighted by Crippen LogP contribution is -2.54. The maximum absolute atomic E-state index is 13.4. The molecule has 1 fully saturated rings. The Morgan fingerprint density at radius 3 is 2.54 bits per heavy atom. The van der Waals surface area contributed by atoms with Crippen LogP contribution < -0.4 is 19.7 Å². The first kappa shape index (κ1) is 28.0. The van der Waals surface area contributed by atoms with E-state index in [2.05, 4.69) is 27.3 Å². The number of benzene rings is 4. The smallest absolute Gasteiger partial charge is 0.335 e. The molecule has 0 saturated carbocycles. The van der Waals surface area contributed by atoms with Gasteiger partial charge in [0.25, 0.3) is 11.8 Å². The maximum atomic E-state index is 13.4. The average molecular weight is 632 g/mol. The second-order valence-corrected chi connectivity index (χ2v) is 10.3. The molecular formula is C31H23BrN2O6S. The number of halogens is 1. The molecule has 10 heteroatoms. The van der Waals surface area contributed by atoms with Crippen molar-refractivity contribution >= 4 is 73.6 Å². The predicted octanol–water partition coefficient (Wildman–Crippen LogP) is 6.11. The van der Waals surface area contributed by atoms with Gasteiger partial charge in [-0.15, -0.1) is 0 Å². The first-order valence-corrected chi connectivity index (χ1v) is 13.8. The standard InChI is InChI=1S/C31H23BrN2O6S/c1-2-39-26-15-19(14-25(32)27(26)40-17-18-10-11-20-6-3-4-7-21(20)12-18)13-24-28(35)33-31(41)34(29(24)36)23-9-5-8-22(16-23)30(37)38/h3-16H,2,17H2,1H3,(H,37,38)(H,33,35,41). The molecule has 41 heavy (non-hydrogen) atoms. The Morgan fingerprint density at radius 2 is 1.78 bits per heavy atom. The van der Waals surface area contributed by atoms with E-state index in [1.807, 2.05) is 43.3 Å². The summed E-state index contributed by atoms with van der Waals surface area (Å²) >= 11 is 8.78. The van der Waals surface area contributed by atoms with E-state index in [-0.39, 0.29) is 21.9 Å². The number of carboxylic acid groups (broad SMARTS) is 1. The highest BCUT2D eigenvalue weighted by Crippen LogP contribution is 2.38. The molecule has 0 atom stereocenters. The van der Waals surface area contributed by atoms with E-state index in [4.69, 9.17) is 21.7 Å². The predicted molar refractivity (Wildman–Crippen MR) is 163 cm³/mol. The number of carbonyl (C=O) groups is 3. The van der Waals surface area contributed by atoms with Gasteiger partial charge in [0, 0.05) is 0 Å². The Labute approximate surface area is 249 Å². The van der Waals surface area contributed by atoms with Gasteiger partial charge in [0.05, 0.1) is 22.3 Å². The Kier molecular flexibility index (Phi) is 8.14. The van der Waals surface area contributed by atoms with Gasteiger partial charge in [0.2, 0.25) is 0 Å². The fourth-order valence-corrected chi connectivity index (χ4v) is 5.25. The number of anilines is 1. The second-order valence-electron chi connectivity index (χ2n) is 9.05. The van der Waals surface area contributed by atoms with E-state index in [1.165, 1.54) is 30.3 Å². The van der Waals surface area contributed by atoms with Gasteiger partial charge in [-0.1, -0.05) is 42.5 Å². The quantitative estimate of drug-likeness (QED) is 0.137. The van der Waals surface area contributed by atoms with Gasteiger partial charge < -0.3 is 14.6 Å². The van der Waals surface area contributed by atoms with Crippen LogP contribution in [-0.4, -0.2) is 34.6 Å². The van der Waals surface area contributed by atoms with Gasteiger partial charge in [0.1, 0.15) is 12.2 Å². The molecule has 2 amide bonds. The summed E-state index contributed by atoms with van der Waals surface area (Å²) in [6, 6.07) is 23.3. The number of aromatic carboxylic acids is 1. The number of carboxylic acids is 1. The van der Waals surface area contributed by atoms with Crippen LogP contribution in [-0.2, 0) is 16.2 Å². The van der Waals surface area contributed by atoms with E-state index in [0.717, 1.165) is 21.2 Å². The fraction of sp³-hybridized carbons (Fsp3) is 0.0968. The Morgan fingerprint density at radius 1 is 1.00 bits per heavy atom. The molecule has 2 N–H and O–H groups in total. The highest BCUT2D eigenvalue weighted by molar-refractivity contribution is 9.10. The monoisotopic (exact) mass is 630 g/mol. The lowest BCUT2D eigenvalue weighted by Gasteiger charge is -2.29. The molecule has 1 heterocycles. The lowest BCUT2D eigenvalue weighted by atomic mass is 10.1. The Bertz CT molecular complexity index is 1750. The molecule has 1 aliphatic heterocycles. The molecule has 5 rings (SSSR count). The SMILES string of the molecule is CCOc1cc(C=C2C(=O)NC(=S)N(c3cccc(C(=O)O)c3)C2=O)cc(Br)c1OCc1ccc2ccccc2c1. The summed E-state index contributed by atoms with van der Waals surface area (Å²) in [7, 11) is 0. The average Bonchev–Trinajstić information content (AvgIpc) is 2.95. The van der Waals surface area contributed by atoms with Crippen LogP contribution in [0.25, 0.3) is 16.8 Å². The normalized spacial score (nSPS) is 14.3. The van der Waals surface area contributed by atoms with Gasteiger partial charge in [-0.2, -0.15) is 0 Å². The van der Waals surface area contributed by atoms with E-state index in [1.54, 1.807) is 12.1 Å². The first-order chi connectivity index (χ1) is 19.7. The molecule has 0 bridgehead atoms. The highest BCUT2D eigenvalue weighted by atomic mass is 79.9. The van der Waals surface area contributed by atoms with Crippen molar-refractivity contribution in [2.45, 2.75) is 13.5 Å². The van der Waals surface area contributed by atoms with Crippen LogP contribution in [0.1, 0.15) is 28.4 Å². The Balaban J connectivity index is 1.44. The number of nitrogens with zero attached hydrogens (tertiary/aromatic N) is 1. The number of nitrogens with one attached hydrogen (secondary N) is 1. The van der Waals surface area contributed by atoms with Crippen LogP contribution >= 0.6 is 28.1 Å². The number of carbonyl (C=O) groups excluding carboxylic acids is 2. The largest absolute Gasteiger partial charge is 0.490 e. The zero-order valence-corrected chi connectivity index (χ0v) is 24.1. The molecule has 0 aliphatic carbocycles. The number of hydrogen-bond donors (Lipinski definition) is 2. The van der Waals surface area contributed by atoms with Gasteiger partial charge in [-0.3, -0.25) is 19.8 Å². The highest BCUT2D eigenvalue weighted by Gasteiger charge is 2.35. The number of hydrogen-bond acceptors (Lipinski definition) is 6. The van der Waals surface area contributed by atoms with Crippen LogP contribution in [0, 0.1) is 0 Å². The van der Waals surface area contributed by atoms with Crippen molar-refractivity contribution in [2.75, 3.05) is 11.5 Å². The molecular weight excluding hydrogens is 608 g/mol. The topological polar surface area (TPSA) is 105 Å². The van der Waals surface area contributed by atoms with Crippen molar-refractivity contribution in [1.82, 2.24) is 5.32 Å². The zero-order chi connectivity index (χ0) is 29.1. The molecule has 1 saturated heterocycles. The summed E-state index contributed by atoms with van der Waals surface area (Å²) in [6.07, 6.45) is 1.42. The van der Waals surface area contributed by atoms with Crippen molar-refractivity contribution < 1.29 is 29.0 Å². The summed E-state index contributed by atoms with van der Waals surface area (Å²) in [5, 5.41) is 14.0. The van der Waals surface area contributed by atoms with Crippen LogP contribution in [0.3, 0.4) is 0 Å². The Hall–Kier alpha value is -4.54. The van der Waals surface area contributed by atoms with Crippen molar-refractivity contribution in [3.8, 4) is 11.5 Å². The summed E-state index contributed by atoms with van der Waals surface area (Å²) < 4.78 is 12.6. The minimum atomic E-state index is -1.15. The van der Waals surface area contributed by atoms with Crippen LogP contribution in [0.5, 0.6) is 11.5 Å². The lowest BCUT2D eigenvalue weighted by molar-refractivity contribution is -0.122. The molecule has 0 radical (unpaired) electrons. The van der Waals surface area contributed by atoms with Crippen molar-refractivity contribution in [3.63, 3.8) is 0 Å². The molecule has 206 valence electrons. The number of rotatable bonds is 8. The van der Waals surface area contributed by atoms with E-state index >= 15 is 0 Å². The fourth-order valence-electron chi connectivity index (χ4n) is 4.39.